The van der Waals surface area contributed by atoms with Gasteiger partial charge in [0.25, 0.3) is 0 Å². The summed E-state index contributed by atoms with van der Waals surface area (Å²) in [5.41, 5.74) is 5.69. The third-order valence-electron chi connectivity index (χ3n) is 2.83. The molecular formula is C14H18N4O2. The highest BCUT2D eigenvalue weighted by Crippen LogP contribution is 2.15. The van der Waals surface area contributed by atoms with E-state index in [2.05, 4.69) is 15.5 Å². The van der Waals surface area contributed by atoms with Crippen LogP contribution >= 0.6 is 0 Å². The van der Waals surface area contributed by atoms with E-state index in [9.17, 15) is 4.79 Å². The Bertz CT molecular complexity index is 578. The summed E-state index contributed by atoms with van der Waals surface area (Å²) in [4.78, 5) is 15.3. The van der Waals surface area contributed by atoms with E-state index in [4.69, 9.17) is 10.3 Å². The quantitative estimate of drug-likeness (QED) is 0.832. The number of primary amides is 1. The lowest BCUT2D eigenvalue weighted by Gasteiger charge is -2.23. The van der Waals surface area contributed by atoms with Gasteiger partial charge in [-0.05, 0) is 13.8 Å². The van der Waals surface area contributed by atoms with E-state index in [1.807, 2.05) is 44.2 Å². The van der Waals surface area contributed by atoms with Crippen LogP contribution in [-0.2, 0) is 11.3 Å². The second kappa shape index (κ2) is 5.83. The summed E-state index contributed by atoms with van der Waals surface area (Å²) in [5, 5.41) is 7.10. The molecule has 1 aromatic heterocycles. The SMILES string of the molecule is CC(C)(CC(N)=O)NCc1nc(-c2ccccc2)no1. The van der Waals surface area contributed by atoms with E-state index in [-0.39, 0.29) is 12.3 Å². The topological polar surface area (TPSA) is 94.0 Å². The first-order valence-electron chi connectivity index (χ1n) is 6.38. The molecular weight excluding hydrogens is 256 g/mol. The fourth-order valence-corrected chi connectivity index (χ4v) is 1.84. The van der Waals surface area contributed by atoms with Crippen LogP contribution in [0.5, 0.6) is 0 Å². The standard InChI is InChI=1S/C14H18N4O2/c1-14(2,8-11(15)19)16-9-12-17-13(18-20-12)10-6-4-3-5-7-10/h3-7,16H,8-9H2,1-2H3,(H2,15,19). The van der Waals surface area contributed by atoms with Crippen molar-refractivity contribution in [1.29, 1.82) is 0 Å². The molecule has 0 spiro atoms. The van der Waals surface area contributed by atoms with Gasteiger partial charge in [0.15, 0.2) is 0 Å². The number of carbonyl (C=O) groups excluding carboxylic acids is 1. The molecule has 20 heavy (non-hydrogen) atoms. The van der Waals surface area contributed by atoms with Crippen LogP contribution in [0.3, 0.4) is 0 Å². The van der Waals surface area contributed by atoms with Gasteiger partial charge in [-0.2, -0.15) is 4.98 Å². The smallest absolute Gasteiger partial charge is 0.240 e. The third kappa shape index (κ3) is 3.89. The molecule has 0 fully saturated rings. The van der Waals surface area contributed by atoms with Crippen LogP contribution in [0.15, 0.2) is 34.9 Å². The maximum absolute atomic E-state index is 10.9. The second-order valence-corrected chi connectivity index (χ2v) is 5.26. The van der Waals surface area contributed by atoms with E-state index in [1.165, 1.54) is 0 Å². The molecule has 0 aliphatic carbocycles. The number of benzene rings is 1. The van der Waals surface area contributed by atoms with Crippen molar-refractivity contribution in [3.8, 4) is 11.4 Å². The molecule has 0 atom stereocenters. The zero-order valence-electron chi connectivity index (χ0n) is 11.6. The molecule has 106 valence electrons. The molecule has 0 aliphatic rings. The van der Waals surface area contributed by atoms with E-state index < -0.39 is 5.54 Å². The van der Waals surface area contributed by atoms with Crippen LogP contribution in [0.4, 0.5) is 0 Å². The molecule has 0 aliphatic heterocycles. The molecule has 6 heteroatoms. The first kappa shape index (κ1) is 14.2. The number of nitrogens with two attached hydrogens (primary N) is 1. The normalized spacial score (nSPS) is 11.5. The molecule has 0 saturated carbocycles. The van der Waals surface area contributed by atoms with Gasteiger partial charge < -0.3 is 15.6 Å². The largest absolute Gasteiger partial charge is 0.370 e. The lowest BCUT2D eigenvalue weighted by Crippen LogP contribution is -2.42. The number of carbonyl (C=O) groups is 1. The summed E-state index contributed by atoms with van der Waals surface area (Å²) in [6.45, 7) is 4.18. The van der Waals surface area contributed by atoms with Gasteiger partial charge in [-0.1, -0.05) is 35.5 Å². The molecule has 2 aromatic rings. The number of amides is 1. The number of nitrogens with one attached hydrogen (secondary N) is 1. The molecule has 1 aromatic carbocycles. The Morgan fingerprint density at radius 3 is 2.70 bits per heavy atom. The minimum Gasteiger partial charge on any atom is -0.370 e. The summed E-state index contributed by atoms with van der Waals surface area (Å²) >= 11 is 0. The summed E-state index contributed by atoms with van der Waals surface area (Å²) in [7, 11) is 0. The van der Waals surface area contributed by atoms with Crippen molar-refractivity contribution in [2.75, 3.05) is 0 Å². The number of rotatable bonds is 6. The van der Waals surface area contributed by atoms with Crippen LogP contribution in [-0.4, -0.2) is 21.6 Å². The van der Waals surface area contributed by atoms with Crippen LogP contribution in [0.25, 0.3) is 11.4 Å². The van der Waals surface area contributed by atoms with Gasteiger partial charge in [-0.3, -0.25) is 4.79 Å². The van der Waals surface area contributed by atoms with Crippen molar-refractivity contribution in [3.63, 3.8) is 0 Å². The molecule has 0 unspecified atom stereocenters. The Hall–Kier alpha value is -2.21. The monoisotopic (exact) mass is 274 g/mol. The zero-order valence-corrected chi connectivity index (χ0v) is 11.6. The van der Waals surface area contributed by atoms with E-state index in [1.54, 1.807) is 0 Å². The van der Waals surface area contributed by atoms with Crippen LogP contribution in [0.2, 0.25) is 0 Å². The van der Waals surface area contributed by atoms with Gasteiger partial charge in [0.05, 0.1) is 6.54 Å². The average molecular weight is 274 g/mol. The molecule has 1 heterocycles. The molecule has 0 radical (unpaired) electrons. The Morgan fingerprint density at radius 1 is 1.35 bits per heavy atom. The number of nitrogens with zero attached hydrogens (tertiary/aromatic N) is 2. The number of hydrogen-bond donors (Lipinski definition) is 2. The highest BCUT2D eigenvalue weighted by molar-refractivity contribution is 5.74. The summed E-state index contributed by atoms with van der Waals surface area (Å²) < 4.78 is 5.18. The van der Waals surface area contributed by atoms with E-state index >= 15 is 0 Å². The molecule has 0 bridgehead atoms. The average Bonchev–Trinajstić information content (AvgIpc) is 2.85. The third-order valence-corrected chi connectivity index (χ3v) is 2.83. The van der Waals surface area contributed by atoms with Crippen molar-refractivity contribution in [3.05, 3.63) is 36.2 Å². The van der Waals surface area contributed by atoms with Crippen LogP contribution in [0.1, 0.15) is 26.2 Å². The summed E-state index contributed by atoms with van der Waals surface area (Å²) in [6.07, 6.45) is 0.243. The van der Waals surface area contributed by atoms with Crippen molar-refractivity contribution >= 4 is 5.91 Å². The predicted octanol–water partition coefficient (Wildman–Crippen LogP) is 1.48. The number of hydrogen-bond acceptors (Lipinski definition) is 5. The number of aromatic nitrogens is 2. The van der Waals surface area contributed by atoms with E-state index in [0.29, 0.717) is 18.3 Å². The predicted molar refractivity (Wildman–Crippen MR) is 74.5 cm³/mol. The summed E-state index contributed by atoms with van der Waals surface area (Å²) in [6, 6.07) is 9.59. The maximum Gasteiger partial charge on any atom is 0.240 e. The maximum atomic E-state index is 10.9. The Balaban J connectivity index is 1.99. The fourth-order valence-electron chi connectivity index (χ4n) is 1.84. The van der Waals surface area contributed by atoms with Gasteiger partial charge in [-0.25, -0.2) is 0 Å². The van der Waals surface area contributed by atoms with Gasteiger partial charge in [0.1, 0.15) is 0 Å². The van der Waals surface area contributed by atoms with Crippen molar-refractivity contribution in [2.45, 2.75) is 32.4 Å². The minimum atomic E-state index is -0.410. The second-order valence-electron chi connectivity index (χ2n) is 5.26. The Morgan fingerprint density at radius 2 is 2.05 bits per heavy atom. The lowest BCUT2D eigenvalue weighted by molar-refractivity contribution is -0.119. The molecule has 3 N–H and O–H groups in total. The molecule has 2 rings (SSSR count). The Kier molecular flexibility index (Phi) is 4.14. The molecule has 1 amide bonds. The van der Waals surface area contributed by atoms with Crippen LogP contribution < -0.4 is 11.1 Å². The van der Waals surface area contributed by atoms with Crippen molar-refractivity contribution < 1.29 is 9.32 Å². The van der Waals surface area contributed by atoms with Crippen molar-refractivity contribution in [1.82, 2.24) is 15.5 Å². The first-order chi connectivity index (χ1) is 9.46. The minimum absolute atomic E-state index is 0.243. The van der Waals surface area contributed by atoms with Crippen LogP contribution in [0, 0.1) is 0 Å². The highest BCUT2D eigenvalue weighted by Gasteiger charge is 2.21. The van der Waals surface area contributed by atoms with Gasteiger partial charge in [0.2, 0.25) is 17.6 Å². The zero-order chi connectivity index (χ0) is 14.6. The van der Waals surface area contributed by atoms with E-state index in [0.717, 1.165) is 5.56 Å². The van der Waals surface area contributed by atoms with Gasteiger partial charge in [0, 0.05) is 17.5 Å². The lowest BCUT2D eigenvalue weighted by atomic mass is 10.0. The van der Waals surface area contributed by atoms with Crippen molar-refractivity contribution in [2.24, 2.45) is 5.73 Å². The summed E-state index contributed by atoms with van der Waals surface area (Å²) in [5.74, 6) is 0.675. The van der Waals surface area contributed by atoms with Gasteiger partial charge >= 0.3 is 0 Å². The Labute approximate surface area is 117 Å². The van der Waals surface area contributed by atoms with Gasteiger partial charge in [-0.15, -0.1) is 0 Å². The fraction of sp³-hybridized carbons (Fsp3) is 0.357. The highest BCUT2D eigenvalue weighted by atomic mass is 16.5. The molecule has 0 saturated heterocycles. The first-order valence-corrected chi connectivity index (χ1v) is 6.38. The molecule has 6 nitrogen and oxygen atoms in total.